The van der Waals surface area contributed by atoms with Crippen LogP contribution < -0.4 is 10.6 Å². The first-order valence-corrected chi connectivity index (χ1v) is 5.39. The quantitative estimate of drug-likeness (QED) is 0.550. The number of aromatic nitrogens is 4. The fourth-order valence-electron chi connectivity index (χ4n) is 0.929. The standard InChI is InChI=1S/C4H2N6SSe/c5-1-2(8-11-7-1)6-4-3(5)9-12-10-4/h(H,5,7,9)(H,6,8,10). The second-order valence-corrected chi connectivity index (χ2v) is 3.81. The molecule has 60 valence electrons. The number of nitrogens with zero attached hydrogens (tertiary/aromatic N) is 4. The van der Waals surface area contributed by atoms with Crippen LogP contribution >= 0.6 is 11.7 Å². The zero-order valence-corrected chi connectivity index (χ0v) is 8.13. The molecule has 3 rings (SSSR count). The Hall–Kier alpha value is -0.981. The number of hydrogen-bond acceptors (Lipinski definition) is 7. The van der Waals surface area contributed by atoms with E-state index in [2.05, 4.69) is 27.3 Å². The van der Waals surface area contributed by atoms with Gasteiger partial charge in [0.25, 0.3) is 0 Å². The van der Waals surface area contributed by atoms with Gasteiger partial charge < -0.3 is 0 Å². The number of anilines is 4. The summed E-state index contributed by atoms with van der Waals surface area (Å²) in [6, 6.07) is 0. The van der Waals surface area contributed by atoms with Crippen LogP contribution in [0.4, 0.5) is 23.3 Å². The molecule has 0 aromatic carbocycles. The molecule has 0 radical (unpaired) electrons. The Morgan fingerprint density at radius 1 is 0.917 bits per heavy atom. The summed E-state index contributed by atoms with van der Waals surface area (Å²) in [5.74, 6) is 3.07. The van der Waals surface area contributed by atoms with Crippen LogP contribution in [0.5, 0.6) is 0 Å². The van der Waals surface area contributed by atoms with Crippen LogP contribution in [0.25, 0.3) is 0 Å². The Morgan fingerprint density at radius 2 is 1.50 bits per heavy atom. The summed E-state index contributed by atoms with van der Waals surface area (Å²) in [7, 11) is 0. The molecule has 2 N–H and O–H groups in total. The van der Waals surface area contributed by atoms with Crippen molar-refractivity contribution >= 4 is 50.0 Å². The van der Waals surface area contributed by atoms with Crippen molar-refractivity contribution < 1.29 is 0 Å². The summed E-state index contributed by atoms with van der Waals surface area (Å²) in [5, 5.41) is 6.10. The van der Waals surface area contributed by atoms with Gasteiger partial charge in [-0.15, -0.1) is 0 Å². The third-order valence-electron chi connectivity index (χ3n) is 1.45. The molecule has 0 aliphatic carbocycles. The zero-order valence-electron chi connectivity index (χ0n) is 5.61. The van der Waals surface area contributed by atoms with Crippen LogP contribution in [-0.4, -0.2) is 31.7 Å². The number of rotatable bonds is 0. The van der Waals surface area contributed by atoms with Gasteiger partial charge in [-0.1, -0.05) is 0 Å². The topological polar surface area (TPSA) is 75.6 Å². The number of fused-ring (bicyclic) bond motifs is 2. The summed E-state index contributed by atoms with van der Waals surface area (Å²) in [6.45, 7) is 0. The predicted octanol–water partition coefficient (Wildman–Crippen LogP) is 0.186. The summed E-state index contributed by atoms with van der Waals surface area (Å²) in [5.41, 5.74) is 0. The van der Waals surface area contributed by atoms with E-state index >= 15 is 0 Å². The van der Waals surface area contributed by atoms with Gasteiger partial charge in [-0.05, 0) is 0 Å². The molecule has 1 aliphatic rings. The van der Waals surface area contributed by atoms with Gasteiger partial charge >= 0.3 is 77.3 Å². The molecule has 3 heterocycles. The Bertz CT molecular complexity index is 347. The Morgan fingerprint density at radius 3 is 2.08 bits per heavy atom. The average molecular weight is 245 g/mol. The zero-order chi connectivity index (χ0) is 7.97. The van der Waals surface area contributed by atoms with Gasteiger partial charge in [0, 0.05) is 0 Å². The van der Waals surface area contributed by atoms with Crippen molar-refractivity contribution in [1.29, 1.82) is 0 Å². The van der Waals surface area contributed by atoms with E-state index in [9.17, 15) is 0 Å². The Kier molecular flexibility index (Phi) is 1.23. The van der Waals surface area contributed by atoms with Gasteiger partial charge in [0.1, 0.15) is 0 Å². The van der Waals surface area contributed by atoms with Gasteiger partial charge in [-0.25, -0.2) is 0 Å². The van der Waals surface area contributed by atoms with Gasteiger partial charge in [-0.3, -0.25) is 0 Å². The van der Waals surface area contributed by atoms with E-state index in [-0.39, 0.29) is 15.0 Å². The summed E-state index contributed by atoms with van der Waals surface area (Å²) < 4.78 is 16.4. The van der Waals surface area contributed by atoms with E-state index in [1.165, 1.54) is 0 Å². The monoisotopic (exact) mass is 246 g/mol. The van der Waals surface area contributed by atoms with Gasteiger partial charge in [0.05, 0.1) is 0 Å². The third kappa shape index (κ3) is 0.795. The van der Waals surface area contributed by atoms with E-state index in [0.717, 1.165) is 35.0 Å². The first-order chi connectivity index (χ1) is 5.93. The van der Waals surface area contributed by atoms with Crippen molar-refractivity contribution in [3.05, 3.63) is 0 Å². The van der Waals surface area contributed by atoms with Crippen molar-refractivity contribution in [1.82, 2.24) is 16.7 Å². The van der Waals surface area contributed by atoms with Crippen molar-refractivity contribution in [3.8, 4) is 0 Å². The van der Waals surface area contributed by atoms with Crippen LogP contribution in [0.2, 0.25) is 0 Å². The molecule has 1 aliphatic heterocycles. The Labute approximate surface area is 77.6 Å². The predicted molar refractivity (Wildman–Crippen MR) is 45.4 cm³/mol. The van der Waals surface area contributed by atoms with Crippen molar-refractivity contribution in [2.45, 2.75) is 0 Å². The normalized spacial score (nSPS) is 12.7. The summed E-state index contributed by atoms with van der Waals surface area (Å²) >= 11 is 1.15. The fraction of sp³-hybridized carbons (Fsp3) is 0. The van der Waals surface area contributed by atoms with Gasteiger partial charge in [0.15, 0.2) is 0 Å². The molecule has 0 unspecified atom stereocenters. The molecule has 2 aromatic rings. The van der Waals surface area contributed by atoms with Crippen LogP contribution in [0.3, 0.4) is 0 Å². The second-order valence-electron chi connectivity index (χ2n) is 2.17. The van der Waals surface area contributed by atoms with E-state index in [1.807, 2.05) is 0 Å². The molecule has 8 heteroatoms. The van der Waals surface area contributed by atoms with Crippen LogP contribution in [0.1, 0.15) is 0 Å². The first kappa shape index (κ1) is 6.53. The van der Waals surface area contributed by atoms with E-state index < -0.39 is 0 Å². The summed E-state index contributed by atoms with van der Waals surface area (Å²) in [6.07, 6.45) is 0. The molecule has 0 bridgehead atoms. The molecule has 0 fully saturated rings. The molecule has 2 aromatic heterocycles. The van der Waals surface area contributed by atoms with E-state index in [4.69, 9.17) is 0 Å². The van der Waals surface area contributed by atoms with E-state index in [0.29, 0.717) is 0 Å². The molecule has 0 atom stereocenters. The maximum atomic E-state index is 4.17. The van der Waals surface area contributed by atoms with Crippen molar-refractivity contribution in [2.75, 3.05) is 10.6 Å². The molecule has 12 heavy (non-hydrogen) atoms. The van der Waals surface area contributed by atoms with Crippen LogP contribution in [-0.2, 0) is 0 Å². The van der Waals surface area contributed by atoms with Gasteiger partial charge in [0.2, 0.25) is 0 Å². The second kappa shape index (κ2) is 2.25. The molecular weight excluding hydrogens is 243 g/mol. The molecular formula is C4H2N6SSe. The number of nitrogens with one attached hydrogen (secondary N) is 2. The van der Waals surface area contributed by atoms with Crippen LogP contribution in [0, 0.1) is 0 Å². The minimum absolute atomic E-state index is 0.0163. The van der Waals surface area contributed by atoms with Crippen molar-refractivity contribution in [3.63, 3.8) is 0 Å². The van der Waals surface area contributed by atoms with Crippen LogP contribution in [0.15, 0.2) is 0 Å². The molecule has 0 saturated carbocycles. The summed E-state index contributed by atoms with van der Waals surface area (Å²) in [4.78, 5) is 0. The number of hydrogen-bond donors (Lipinski definition) is 2. The van der Waals surface area contributed by atoms with Crippen molar-refractivity contribution in [2.24, 2.45) is 0 Å². The molecule has 0 spiro atoms. The molecule has 0 amide bonds. The molecule has 6 nitrogen and oxygen atoms in total. The fourth-order valence-corrected chi connectivity index (χ4v) is 2.38. The third-order valence-corrected chi connectivity index (χ3v) is 3.09. The van der Waals surface area contributed by atoms with Gasteiger partial charge in [-0.2, -0.15) is 0 Å². The van der Waals surface area contributed by atoms with E-state index in [1.54, 1.807) is 0 Å². The maximum absolute atomic E-state index is 4.17. The Balaban J connectivity index is 2.15. The first-order valence-electron chi connectivity index (χ1n) is 3.12. The average Bonchev–Trinajstić information content (AvgIpc) is 2.64. The SMILES string of the molecule is n1snc2c1Nc1n[se]nc1N2. The minimum atomic E-state index is -0.0163. The molecule has 0 saturated heterocycles.